The standard InChI is InChI=1S/C16H15F3OS/c1-12(13-7-3-2-4-8-13)21(20)11-14-9-5-6-10-15(14)16(17,18)19/h2-10,12H,11H2,1H3. The van der Waals surface area contributed by atoms with Crippen molar-refractivity contribution in [2.45, 2.75) is 24.1 Å². The van der Waals surface area contributed by atoms with Crippen LogP contribution in [-0.4, -0.2) is 4.21 Å². The lowest BCUT2D eigenvalue weighted by atomic mass is 10.1. The summed E-state index contributed by atoms with van der Waals surface area (Å²) in [6.45, 7) is 1.77. The monoisotopic (exact) mass is 312 g/mol. The summed E-state index contributed by atoms with van der Waals surface area (Å²) in [5.41, 5.74) is 0.227. The van der Waals surface area contributed by atoms with Crippen molar-refractivity contribution in [3.63, 3.8) is 0 Å². The largest absolute Gasteiger partial charge is 0.416 e. The van der Waals surface area contributed by atoms with Crippen LogP contribution in [-0.2, 0) is 22.7 Å². The maximum atomic E-state index is 12.9. The van der Waals surface area contributed by atoms with E-state index in [2.05, 4.69) is 0 Å². The predicted octanol–water partition coefficient (Wildman–Crippen LogP) is 4.72. The van der Waals surface area contributed by atoms with Crippen LogP contribution in [0.3, 0.4) is 0 Å². The average Bonchev–Trinajstić information content (AvgIpc) is 2.47. The van der Waals surface area contributed by atoms with Crippen LogP contribution in [0.25, 0.3) is 0 Å². The molecular formula is C16H15F3OS. The molecule has 2 atom stereocenters. The van der Waals surface area contributed by atoms with Crippen molar-refractivity contribution in [3.8, 4) is 0 Å². The summed E-state index contributed by atoms with van der Waals surface area (Å²) >= 11 is 0. The minimum absolute atomic E-state index is 0.0751. The topological polar surface area (TPSA) is 17.1 Å². The summed E-state index contributed by atoms with van der Waals surface area (Å²) < 4.78 is 51.1. The number of hydrogen-bond donors (Lipinski definition) is 0. The Bertz CT molecular complexity index is 623. The van der Waals surface area contributed by atoms with Gasteiger partial charge in [-0.15, -0.1) is 0 Å². The first-order chi connectivity index (χ1) is 9.89. The predicted molar refractivity (Wildman–Crippen MR) is 78.1 cm³/mol. The molecule has 1 nitrogen and oxygen atoms in total. The normalized spacial score (nSPS) is 14.7. The third kappa shape index (κ3) is 3.94. The Morgan fingerprint density at radius 2 is 1.57 bits per heavy atom. The van der Waals surface area contributed by atoms with Crippen molar-refractivity contribution in [1.82, 2.24) is 0 Å². The fourth-order valence-electron chi connectivity index (χ4n) is 2.08. The Labute approximate surface area is 124 Å². The molecule has 0 heterocycles. The van der Waals surface area contributed by atoms with Gasteiger partial charge in [0.15, 0.2) is 0 Å². The highest BCUT2D eigenvalue weighted by Crippen LogP contribution is 2.33. The zero-order valence-corrected chi connectivity index (χ0v) is 12.2. The number of alkyl halides is 3. The molecule has 0 bridgehead atoms. The van der Waals surface area contributed by atoms with Gasteiger partial charge >= 0.3 is 6.18 Å². The van der Waals surface area contributed by atoms with Crippen LogP contribution in [0.5, 0.6) is 0 Å². The molecule has 0 N–H and O–H groups in total. The zero-order valence-electron chi connectivity index (χ0n) is 11.4. The molecule has 0 aliphatic rings. The summed E-state index contributed by atoms with van der Waals surface area (Å²) in [4.78, 5) is 0. The molecule has 2 aromatic carbocycles. The van der Waals surface area contributed by atoms with Gasteiger partial charge in [0.1, 0.15) is 0 Å². The molecule has 0 aliphatic heterocycles. The smallest absolute Gasteiger partial charge is 0.259 e. The first-order valence-corrected chi connectivity index (χ1v) is 7.85. The molecule has 21 heavy (non-hydrogen) atoms. The maximum Gasteiger partial charge on any atom is 0.416 e. The lowest BCUT2D eigenvalue weighted by Crippen LogP contribution is -2.12. The van der Waals surface area contributed by atoms with E-state index in [0.29, 0.717) is 0 Å². The van der Waals surface area contributed by atoms with Crippen LogP contribution in [0.1, 0.15) is 28.9 Å². The number of benzene rings is 2. The SMILES string of the molecule is CC(c1ccccc1)S(=O)Cc1ccccc1C(F)(F)F. The van der Waals surface area contributed by atoms with E-state index in [1.54, 1.807) is 6.92 Å². The third-order valence-electron chi connectivity index (χ3n) is 3.28. The van der Waals surface area contributed by atoms with Gasteiger partial charge in [-0.3, -0.25) is 4.21 Å². The lowest BCUT2D eigenvalue weighted by molar-refractivity contribution is -0.138. The van der Waals surface area contributed by atoms with Crippen molar-refractivity contribution in [3.05, 3.63) is 71.3 Å². The van der Waals surface area contributed by atoms with Gasteiger partial charge in [0.25, 0.3) is 0 Å². The second-order valence-electron chi connectivity index (χ2n) is 4.73. The van der Waals surface area contributed by atoms with Gasteiger partial charge < -0.3 is 0 Å². The van der Waals surface area contributed by atoms with Crippen LogP contribution in [0.2, 0.25) is 0 Å². The van der Waals surface area contributed by atoms with Gasteiger partial charge in [0, 0.05) is 16.6 Å². The summed E-state index contributed by atoms with van der Waals surface area (Å²) in [5.74, 6) is -0.105. The molecular weight excluding hydrogens is 297 g/mol. The van der Waals surface area contributed by atoms with Crippen LogP contribution < -0.4 is 0 Å². The molecule has 0 aliphatic carbocycles. The van der Waals surface area contributed by atoms with Crippen molar-refractivity contribution < 1.29 is 17.4 Å². The second-order valence-corrected chi connectivity index (χ2v) is 6.49. The van der Waals surface area contributed by atoms with E-state index in [-0.39, 0.29) is 16.6 Å². The molecule has 0 aromatic heterocycles. The van der Waals surface area contributed by atoms with Gasteiger partial charge in [-0.25, -0.2) is 0 Å². The Morgan fingerprint density at radius 1 is 1.00 bits per heavy atom. The van der Waals surface area contributed by atoms with Crippen molar-refractivity contribution in [2.24, 2.45) is 0 Å². The number of rotatable bonds is 4. The fraction of sp³-hybridized carbons (Fsp3) is 0.250. The van der Waals surface area contributed by atoms with E-state index >= 15 is 0 Å². The van der Waals surface area contributed by atoms with Crippen molar-refractivity contribution >= 4 is 10.8 Å². The van der Waals surface area contributed by atoms with E-state index in [9.17, 15) is 17.4 Å². The zero-order chi connectivity index (χ0) is 15.5. The highest BCUT2D eigenvalue weighted by Gasteiger charge is 2.33. The molecule has 2 unspecified atom stereocenters. The Hall–Kier alpha value is -1.62. The molecule has 0 fully saturated rings. The second kappa shape index (κ2) is 6.43. The van der Waals surface area contributed by atoms with E-state index in [4.69, 9.17) is 0 Å². The van der Waals surface area contributed by atoms with Crippen LogP contribution in [0.15, 0.2) is 54.6 Å². The average molecular weight is 312 g/mol. The Balaban J connectivity index is 2.21. The summed E-state index contributed by atoms with van der Waals surface area (Å²) in [6.07, 6.45) is -4.42. The molecule has 112 valence electrons. The lowest BCUT2D eigenvalue weighted by Gasteiger charge is -2.15. The highest BCUT2D eigenvalue weighted by molar-refractivity contribution is 7.84. The molecule has 0 spiro atoms. The molecule has 0 radical (unpaired) electrons. The molecule has 0 saturated heterocycles. The van der Waals surface area contributed by atoms with E-state index in [0.717, 1.165) is 11.6 Å². The quantitative estimate of drug-likeness (QED) is 0.798. The number of halogens is 3. The van der Waals surface area contributed by atoms with Crippen LogP contribution in [0, 0.1) is 0 Å². The summed E-state index contributed by atoms with van der Waals surface area (Å²) in [6, 6.07) is 14.5. The van der Waals surface area contributed by atoms with Gasteiger partial charge in [0.05, 0.1) is 10.8 Å². The molecule has 5 heteroatoms. The maximum absolute atomic E-state index is 12.9. The van der Waals surface area contributed by atoms with Crippen LogP contribution >= 0.6 is 0 Å². The van der Waals surface area contributed by atoms with Gasteiger partial charge in [0.2, 0.25) is 0 Å². The number of hydrogen-bond acceptors (Lipinski definition) is 1. The first kappa shape index (κ1) is 15.8. The Morgan fingerprint density at radius 3 is 2.19 bits per heavy atom. The third-order valence-corrected chi connectivity index (χ3v) is 4.94. The summed E-state index contributed by atoms with van der Waals surface area (Å²) in [7, 11) is -1.41. The molecule has 2 aromatic rings. The molecule has 0 saturated carbocycles. The first-order valence-electron chi connectivity index (χ1n) is 6.47. The van der Waals surface area contributed by atoms with Crippen molar-refractivity contribution in [2.75, 3.05) is 0 Å². The highest BCUT2D eigenvalue weighted by atomic mass is 32.2. The molecule has 2 rings (SSSR count). The van der Waals surface area contributed by atoms with E-state index < -0.39 is 22.5 Å². The van der Waals surface area contributed by atoms with E-state index in [1.165, 1.54) is 18.2 Å². The van der Waals surface area contributed by atoms with Crippen molar-refractivity contribution in [1.29, 1.82) is 0 Å². The van der Waals surface area contributed by atoms with Gasteiger partial charge in [-0.1, -0.05) is 48.5 Å². The van der Waals surface area contributed by atoms with E-state index in [1.807, 2.05) is 30.3 Å². The molecule has 0 amide bonds. The Kier molecular flexibility index (Phi) is 4.83. The van der Waals surface area contributed by atoms with Gasteiger partial charge in [-0.2, -0.15) is 13.2 Å². The fourth-order valence-corrected chi connectivity index (χ4v) is 3.35. The minimum atomic E-state index is -4.42. The van der Waals surface area contributed by atoms with Crippen LogP contribution in [0.4, 0.5) is 13.2 Å². The van der Waals surface area contributed by atoms with Gasteiger partial charge in [-0.05, 0) is 24.1 Å². The minimum Gasteiger partial charge on any atom is -0.259 e. The summed E-state index contributed by atoms with van der Waals surface area (Å²) in [5, 5.41) is -0.313.